The van der Waals surface area contributed by atoms with Crippen LogP contribution in [0.4, 0.5) is 6.01 Å². The van der Waals surface area contributed by atoms with Crippen molar-refractivity contribution in [1.29, 1.82) is 0 Å². The van der Waals surface area contributed by atoms with Crippen LogP contribution in [0, 0.1) is 5.92 Å². The summed E-state index contributed by atoms with van der Waals surface area (Å²) in [6.45, 7) is 2.57. The van der Waals surface area contributed by atoms with Gasteiger partial charge in [-0.2, -0.15) is 4.98 Å². The molecule has 1 unspecified atom stereocenters. The Kier molecular flexibility index (Phi) is 3.23. The molecule has 2 rings (SSSR count). The summed E-state index contributed by atoms with van der Waals surface area (Å²) in [7, 11) is 1.72. The number of rotatable bonds is 4. The van der Waals surface area contributed by atoms with Crippen LogP contribution < -0.4 is 4.90 Å². The molecule has 0 radical (unpaired) electrons. The first kappa shape index (κ1) is 10.4. The van der Waals surface area contributed by atoms with Gasteiger partial charge >= 0.3 is 0 Å². The van der Waals surface area contributed by atoms with E-state index in [1.807, 2.05) is 0 Å². The number of hydrogen-bond donors (Lipinski definition) is 1. The Labute approximate surface area is 88.7 Å². The van der Waals surface area contributed by atoms with Gasteiger partial charge in [0.2, 0.25) is 0 Å². The monoisotopic (exact) mass is 212 g/mol. The van der Waals surface area contributed by atoms with Gasteiger partial charge in [0, 0.05) is 26.1 Å². The average molecular weight is 212 g/mol. The highest BCUT2D eigenvalue weighted by Gasteiger charge is 2.25. The van der Waals surface area contributed by atoms with E-state index >= 15 is 0 Å². The predicted molar refractivity (Wildman–Crippen MR) is 54.6 cm³/mol. The second-order valence-electron chi connectivity index (χ2n) is 3.84. The van der Waals surface area contributed by atoms with E-state index in [1.165, 1.54) is 6.26 Å². The summed E-state index contributed by atoms with van der Waals surface area (Å²) in [5.41, 5.74) is 0.584. The molecule has 0 amide bonds. The maximum absolute atomic E-state index is 8.87. The first-order valence-corrected chi connectivity index (χ1v) is 5.12. The van der Waals surface area contributed by atoms with Crippen LogP contribution in [0.1, 0.15) is 12.1 Å². The van der Waals surface area contributed by atoms with E-state index in [0.29, 0.717) is 17.6 Å². The summed E-state index contributed by atoms with van der Waals surface area (Å²) in [6, 6.07) is 0.609. The molecule has 1 atom stereocenters. The van der Waals surface area contributed by atoms with Gasteiger partial charge < -0.3 is 19.2 Å². The highest BCUT2D eigenvalue weighted by Crippen LogP contribution is 2.23. The number of hydrogen-bond acceptors (Lipinski definition) is 5. The third-order valence-corrected chi connectivity index (χ3v) is 2.66. The number of anilines is 1. The third kappa shape index (κ3) is 2.30. The molecule has 1 saturated heterocycles. The number of nitrogens with zero attached hydrogens (tertiary/aromatic N) is 2. The van der Waals surface area contributed by atoms with Gasteiger partial charge in [0.05, 0.1) is 13.2 Å². The maximum atomic E-state index is 8.87. The highest BCUT2D eigenvalue weighted by molar-refractivity contribution is 5.28. The van der Waals surface area contributed by atoms with E-state index in [9.17, 15) is 0 Å². The quantitative estimate of drug-likeness (QED) is 0.793. The summed E-state index contributed by atoms with van der Waals surface area (Å²) < 4.78 is 10.4. The summed E-state index contributed by atoms with van der Waals surface area (Å²) in [4.78, 5) is 6.26. The molecule has 1 aliphatic heterocycles. The summed E-state index contributed by atoms with van der Waals surface area (Å²) in [6.07, 6.45) is 2.60. The van der Waals surface area contributed by atoms with Crippen molar-refractivity contribution in [3.8, 4) is 0 Å². The van der Waals surface area contributed by atoms with Crippen LogP contribution in [0.5, 0.6) is 0 Å². The number of oxazole rings is 1. The number of aromatic nitrogens is 1. The summed E-state index contributed by atoms with van der Waals surface area (Å²) >= 11 is 0. The second-order valence-corrected chi connectivity index (χ2v) is 3.84. The van der Waals surface area contributed by atoms with Crippen LogP contribution in [0.2, 0.25) is 0 Å². The molecule has 0 aliphatic carbocycles. The molecule has 5 heteroatoms. The molecule has 1 N–H and O–H groups in total. The topological polar surface area (TPSA) is 58.7 Å². The first-order valence-electron chi connectivity index (χ1n) is 5.12. The molecule has 15 heavy (non-hydrogen) atoms. The predicted octanol–water partition coefficient (Wildman–Crippen LogP) is 0.640. The van der Waals surface area contributed by atoms with Crippen molar-refractivity contribution in [2.24, 2.45) is 5.92 Å². The van der Waals surface area contributed by atoms with Crippen molar-refractivity contribution in [2.45, 2.75) is 13.0 Å². The summed E-state index contributed by atoms with van der Waals surface area (Å²) in [5, 5.41) is 8.87. The van der Waals surface area contributed by atoms with Gasteiger partial charge in [0.15, 0.2) is 0 Å². The Morgan fingerprint density at radius 2 is 2.60 bits per heavy atom. The SMILES string of the molecule is COCC1CCN(c2nc(CO)co2)C1. The highest BCUT2D eigenvalue weighted by atomic mass is 16.5. The minimum Gasteiger partial charge on any atom is -0.432 e. The average Bonchev–Trinajstić information content (AvgIpc) is 2.85. The van der Waals surface area contributed by atoms with Crippen LogP contribution >= 0.6 is 0 Å². The van der Waals surface area contributed by atoms with Crippen molar-refractivity contribution in [2.75, 3.05) is 31.7 Å². The number of aliphatic hydroxyl groups is 1. The molecule has 1 aliphatic rings. The molecule has 1 aromatic rings. The Balaban J connectivity index is 1.95. The van der Waals surface area contributed by atoms with Crippen LogP contribution in [0.15, 0.2) is 10.7 Å². The van der Waals surface area contributed by atoms with E-state index in [4.69, 9.17) is 14.3 Å². The van der Waals surface area contributed by atoms with Gasteiger partial charge in [0.1, 0.15) is 12.0 Å². The zero-order valence-corrected chi connectivity index (χ0v) is 8.85. The van der Waals surface area contributed by atoms with Crippen LogP contribution in [0.3, 0.4) is 0 Å². The smallest absolute Gasteiger partial charge is 0.297 e. The lowest BCUT2D eigenvalue weighted by Crippen LogP contribution is -2.21. The maximum Gasteiger partial charge on any atom is 0.297 e. The van der Waals surface area contributed by atoms with Gasteiger partial charge in [-0.15, -0.1) is 0 Å². The fraction of sp³-hybridized carbons (Fsp3) is 0.700. The standard InChI is InChI=1S/C10H16N2O3/c1-14-6-8-2-3-12(4-8)10-11-9(5-13)7-15-10/h7-8,13H,2-6H2,1H3. The van der Waals surface area contributed by atoms with Crippen molar-refractivity contribution in [3.63, 3.8) is 0 Å². The summed E-state index contributed by atoms with van der Waals surface area (Å²) in [5.74, 6) is 0.555. The van der Waals surface area contributed by atoms with Crippen LogP contribution in [0.25, 0.3) is 0 Å². The molecule has 0 saturated carbocycles. The van der Waals surface area contributed by atoms with E-state index in [-0.39, 0.29) is 6.61 Å². The minimum atomic E-state index is -0.0706. The molecule has 1 aromatic heterocycles. The molecule has 0 bridgehead atoms. The first-order chi connectivity index (χ1) is 7.33. The van der Waals surface area contributed by atoms with Crippen LogP contribution in [-0.4, -0.2) is 36.9 Å². The van der Waals surface area contributed by atoms with Gasteiger partial charge in [-0.25, -0.2) is 0 Å². The normalized spacial score (nSPS) is 21.2. The molecule has 0 spiro atoms. The van der Waals surface area contributed by atoms with Crippen LogP contribution in [-0.2, 0) is 11.3 Å². The largest absolute Gasteiger partial charge is 0.432 e. The van der Waals surface area contributed by atoms with E-state index < -0.39 is 0 Å². The van der Waals surface area contributed by atoms with E-state index in [0.717, 1.165) is 26.1 Å². The Morgan fingerprint density at radius 1 is 1.73 bits per heavy atom. The lowest BCUT2D eigenvalue weighted by atomic mass is 10.1. The Morgan fingerprint density at radius 3 is 3.27 bits per heavy atom. The molecular weight excluding hydrogens is 196 g/mol. The minimum absolute atomic E-state index is 0.0706. The lowest BCUT2D eigenvalue weighted by molar-refractivity contribution is 0.160. The number of aliphatic hydroxyl groups excluding tert-OH is 1. The second kappa shape index (κ2) is 4.63. The van der Waals surface area contributed by atoms with Crippen molar-refractivity contribution in [1.82, 2.24) is 4.98 Å². The number of ether oxygens (including phenoxy) is 1. The molecule has 2 heterocycles. The molecule has 0 aromatic carbocycles. The Bertz CT molecular complexity index is 313. The zero-order chi connectivity index (χ0) is 10.7. The molecule has 84 valence electrons. The Hall–Kier alpha value is -1.07. The van der Waals surface area contributed by atoms with Gasteiger partial charge in [-0.1, -0.05) is 0 Å². The molecule has 5 nitrogen and oxygen atoms in total. The van der Waals surface area contributed by atoms with Gasteiger partial charge in [-0.05, 0) is 6.42 Å². The number of methoxy groups -OCH3 is 1. The lowest BCUT2D eigenvalue weighted by Gasteiger charge is -2.12. The zero-order valence-electron chi connectivity index (χ0n) is 8.85. The van der Waals surface area contributed by atoms with E-state index in [1.54, 1.807) is 7.11 Å². The van der Waals surface area contributed by atoms with Gasteiger partial charge in [0.25, 0.3) is 6.01 Å². The van der Waals surface area contributed by atoms with Crippen molar-refractivity contribution < 1.29 is 14.3 Å². The van der Waals surface area contributed by atoms with Gasteiger partial charge in [-0.3, -0.25) is 0 Å². The van der Waals surface area contributed by atoms with E-state index in [2.05, 4.69) is 9.88 Å². The third-order valence-electron chi connectivity index (χ3n) is 2.66. The van der Waals surface area contributed by atoms with Crippen molar-refractivity contribution in [3.05, 3.63) is 12.0 Å². The fourth-order valence-electron chi connectivity index (χ4n) is 1.89. The fourth-order valence-corrected chi connectivity index (χ4v) is 1.89. The molecule has 1 fully saturated rings. The van der Waals surface area contributed by atoms with Crippen molar-refractivity contribution >= 4 is 6.01 Å². The molecular formula is C10H16N2O3.